The zero-order chi connectivity index (χ0) is 17.8. The highest BCUT2D eigenvalue weighted by Crippen LogP contribution is 2.31. The molecule has 0 aliphatic heterocycles. The van der Waals surface area contributed by atoms with E-state index in [0.29, 0.717) is 18.4 Å². The van der Waals surface area contributed by atoms with Crippen LogP contribution in [0.15, 0.2) is 46.6 Å². The van der Waals surface area contributed by atoms with Gasteiger partial charge in [-0.15, -0.1) is 22.7 Å². The summed E-state index contributed by atoms with van der Waals surface area (Å²) in [6.07, 6.45) is 1.86. The number of aliphatic hydroxyl groups excluding tert-OH is 1. The van der Waals surface area contributed by atoms with Crippen LogP contribution in [0.3, 0.4) is 0 Å². The number of aromatic nitrogens is 3. The molecule has 25 heavy (non-hydrogen) atoms. The number of halogens is 1. The number of aliphatic hydroxyl groups is 1. The lowest BCUT2D eigenvalue weighted by atomic mass is 10.2. The molecule has 0 spiro atoms. The SMILES string of the molecule is NC/C(=C\F)Cn1ncn(Cc2ccc(-c3csc(CO)c3)s2)c1=O. The van der Waals surface area contributed by atoms with Gasteiger partial charge in [0.25, 0.3) is 0 Å². The van der Waals surface area contributed by atoms with Crippen LogP contribution in [0.25, 0.3) is 10.4 Å². The van der Waals surface area contributed by atoms with Crippen LogP contribution in [0.4, 0.5) is 4.39 Å². The summed E-state index contributed by atoms with van der Waals surface area (Å²) in [6.45, 7) is 0.529. The molecule has 3 aromatic heterocycles. The number of rotatable bonds is 7. The van der Waals surface area contributed by atoms with Crippen LogP contribution in [-0.2, 0) is 19.7 Å². The first kappa shape index (κ1) is 17.7. The van der Waals surface area contributed by atoms with E-state index in [-0.39, 0.29) is 25.4 Å². The first-order valence-corrected chi connectivity index (χ1v) is 9.22. The summed E-state index contributed by atoms with van der Waals surface area (Å²) in [7, 11) is 0. The summed E-state index contributed by atoms with van der Waals surface area (Å²) in [5, 5.41) is 15.2. The monoisotopic (exact) mass is 380 g/mol. The molecule has 0 saturated heterocycles. The van der Waals surface area contributed by atoms with E-state index in [1.807, 2.05) is 23.6 Å². The molecule has 3 heterocycles. The van der Waals surface area contributed by atoms with E-state index in [1.54, 1.807) is 11.3 Å². The molecule has 3 aromatic rings. The third kappa shape index (κ3) is 3.96. The van der Waals surface area contributed by atoms with Gasteiger partial charge in [0, 0.05) is 26.7 Å². The molecular formula is C16H17FN4O2S2. The van der Waals surface area contributed by atoms with Crippen molar-refractivity contribution >= 4 is 22.7 Å². The van der Waals surface area contributed by atoms with Crippen molar-refractivity contribution in [2.75, 3.05) is 6.54 Å². The van der Waals surface area contributed by atoms with Gasteiger partial charge >= 0.3 is 5.69 Å². The minimum atomic E-state index is -0.305. The lowest BCUT2D eigenvalue weighted by Crippen LogP contribution is -2.26. The average molecular weight is 380 g/mol. The largest absolute Gasteiger partial charge is 0.391 e. The van der Waals surface area contributed by atoms with Crippen molar-refractivity contribution in [3.8, 4) is 10.4 Å². The minimum Gasteiger partial charge on any atom is -0.391 e. The Balaban J connectivity index is 1.75. The third-order valence-corrected chi connectivity index (χ3v) is 5.69. The Kier molecular flexibility index (Phi) is 5.59. The molecule has 132 valence electrons. The second-order valence-electron chi connectivity index (χ2n) is 5.40. The van der Waals surface area contributed by atoms with Gasteiger partial charge in [-0.3, -0.25) is 4.57 Å². The van der Waals surface area contributed by atoms with Crippen molar-refractivity contribution in [3.63, 3.8) is 0 Å². The van der Waals surface area contributed by atoms with Gasteiger partial charge in [-0.2, -0.15) is 5.10 Å². The van der Waals surface area contributed by atoms with Crippen molar-refractivity contribution in [1.82, 2.24) is 14.3 Å². The van der Waals surface area contributed by atoms with Gasteiger partial charge in [-0.25, -0.2) is 13.9 Å². The quantitative estimate of drug-likeness (QED) is 0.658. The van der Waals surface area contributed by atoms with E-state index in [4.69, 9.17) is 10.8 Å². The summed E-state index contributed by atoms with van der Waals surface area (Å²) in [5.41, 5.74) is 6.48. The fourth-order valence-electron chi connectivity index (χ4n) is 2.30. The van der Waals surface area contributed by atoms with Gasteiger partial charge in [0.05, 0.1) is 26.0 Å². The Morgan fingerprint density at radius 2 is 2.24 bits per heavy atom. The lowest BCUT2D eigenvalue weighted by molar-refractivity contribution is 0.285. The lowest BCUT2D eigenvalue weighted by Gasteiger charge is -2.01. The Bertz CT molecular complexity index is 938. The molecule has 0 saturated carbocycles. The summed E-state index contributed by atoms with van der Waals surface area (Å²) in [5.74, 6) is 0. The van der Waals surface area contributed by atoms with E-state index in [0.717, 1.165) is 20.2 Å². The van der Waals surface area contributed by atoms with E-state index < -0.39 is 0 Å². The van der Waals surface area contributed by atoms with Crippen LogP contribution in [-0.4, -0.2) is 26.0 Å². The molecule has 9 heteroatoms. The highest BCUT2D eigenvalue weighted by molar-refractivity contribution is 7.16. The smallest absolute Gasteiger partial charge is 0.346 e. The number of hydrogen-bond acceptors (Lipinski definition) is 6. The summed E-state index contributed by atoms with van der Waals surface area (Å²) < 4.78 is 15.3. The molecule has 0 atom stereocenters. The fraction of sp³-hybridized carbons (Fsp3) is 0.250. The maximum Gasteiger partial charge on any atom is 0.346 e. The Hall–Kier alpha value is -2.07. The Labute approximate surface area is 151 Å². The first-order valence-electron chi connectivity index (χ1n) is 7.52. The van der Waals surface area contributed by atoms with Crippen LogP contribution < -0.4 is 11.4 Å². The van der Waals surface area contributed by atoms with E-state index in [9.17, 15) is 9.18 Å². The van der Waals surface area contributed by atoms with Crippen LogP contribution in [0, 0.1) is 0 Å². The average Bonchev–Trinajstić information content (AvgIpc) is 3.35. The van der Waals surface area contributed by atoms with Crippen molar-refractivity contribution in [3.05, 3.63) is 62.0 Å². The van der Waals surface area contributed by atoms with Crippen LogP contribution in [0.5, 0.6) is 0 Å². The molecule has 0 amide bonds. The van der Waals surface area contributed by atoms with Gasteiger partial charge in [-0.1, -0.05) is 0 Å². The molecule has 3 N–H and O–H groups in total. The maximum atomic E-state index is 12.6. The van der Waals surface area contributed by atoms with Gasteiger partial charge in [0.1, 0.15) is 6.33 Å². The van der Waals surface area contributed by atoms with Crippen molar-refractivity contribution in [2.24, 2.45) is 5.73 Å². The molecule has 0 fully saturated rings. The van der Waals surface area contributed by atoms with E-state index in [2.05, 4.69) is 5.10 Å². The third-order valence-electron chi connectivity index (χ3n) is 3.65. The predicted molar refractivity (Wildman–Crippen MR) is 97.4 cm³/mol. The zero-order valence-electron chi connectivity index (χ0n) is 13.3. The fourth-order valence-corrected chi connectivity index (χ4v) is 4.11. The van der Waals surface area contributed by atoms with Gasteiger partial charge < -0.3 is 10.8 Å². The number of nitrogens with zero attached hydrogens (tertiary/aromatic N) is 3. The second-order valence-corrected chi connectivity index (χ2v) is 7.56. The topological polar surface area (TPSA) is 86.1 Å². The highest BCUT2D eigenvalue weighted by atomic mass is 32.1. The van der Waals surface area contributed by atoms with Crippen LogP contribution >= 0.6 is 22.7 Å². The molecule has 0 bridgehead atoms. The first-order chi connectivity index (χ1) is 12.1. The highest BCUT2D eigenvalue weighted by Gasteiger charge is 2.10. The normalized spacial score (nSPS) is 12.0. The van der Waals surface area contributed by atoms with E-state index in [1.165, 1.54) is 26.9 Å². The standard InChI is InChI=1S/C16H17FN4O2S2/c17-4-11(5-18)6-21-16(23)20(10-19-21)7-13-1-2-15(25-13)12-3-14(8-22)24-9-12/h1-4,9-10,22H,5-8,18H2/b11-4+. The molecule has 0 aromatic carbocycles. The molecule has 0 aliphatic rings. The zero-order valence-corrected chi connectivity index (χ0v) is 14.9. The van der Waals surface area contributed by atoms with Crippen molar-refractivity contribution in [1.29, 1.82) is 0 Å². The van der Waals surface area contributed by atoms with Crippen molar-refractivity contribution in [2.45, 2.75) is 19.7 Å². The second kappa shape index (κ2) is 7.87. The number of nitrogens with two attached hydrogens (primary N) is 1. The number of hydrogen-bond donors (Lipinski definition) is 2. The van der Waals surface area contributed by atoms with Crippen molar-refractivity contribution < 1.29 is 9.50 Å². The number of thiophene rings is 2. The molecular weight excluding hydrogens is 363 g/mol. The summed E-state index contributed by atoms with van der Waals surface area (Å²) >= 11 is 3.10. The minimum absolute atomic E-state index is 0.0373. The molecule has 0 aliphatic carbocycles. The van der Waals surface area contributed by atoms with Crippen LogP contribution in [0.1, 0.15) is 9.75 Å². The Morgan fingerprint density at radius 3 is 2.92 bits per heavy atom. The van der Waals surface area contributed by atoms with Gasteiger partial charge in [-0.05, 0) is 29.2 Å². The maximum absolute atomic E-state index is 12.6. The molecule has 0 radical (unpaired) electrons. The van der Waals surface area contributed by atoms with Gasteiger partial charge in [0.15, 0.2) is 0 Å². The molecule has 0 unspecified atom stereocenters. The molecule has 6 nitrogen and oxygen atoms in total. The van der Waals surface area contributed by atoms with Gasteiger partial charge in [0.2, 0.25) is 0 Å². The summed E-state index contributed by atoms with van der Waals surface area (Å²) in [4.78, 5) is 15.3. The molecule has 3 rings (SSSR count). The summed E-state index contributed by atoms with van der Waals surface area (Å²) in [6, 6.07) is 5.92. The predicted octanol–water partition coefficient (Wildman–Crippen LogP) is 2.19. The van der Waals surface area contributed by atoms with Crippen LogP contribution in [0.2, 0.25) is 0 Å². The Morgan fingerprint density at radius 1 is 1.40 bits per heavy atom. The van der Waals surface area contributed by atoms with E-state index >= 15 is 0 Å².